The Balaban J connectivity index is 1.91. The Kier molecular flexibility index (Phi) is 5.50. The zero-order valence-corrected chi connectivity index (χ0v) is 15.8. The van der Waals surface area contributed by atoms with E-state index in [4.69, 9.17) is 9.47 Å². The number of non-ortho nitro benzene ring substituents is 1. The van der Waals surface area contributed by atoms with E-state index in [9.17, 15) is 23.3 Å². The molecule has 2 aromatic rings. The van der Waals surface area contributed by atoms with Crippen LogP contribution in [0.15, 0.2) is 42.5 Å². The van der Waals surface area contributed by atoms with Crippen LogP contribution in [-0.4, -0.2) is 55.9 Å². The monoisotopic (exact) mass is 406 g/mol. The summed E-state index contributed by atoms with van der Waals surface area (Å²) in [6.07, 6.45) is 0. The van der Waals surface area contributed by atoms with Gasteiger partial charge in [-0.25, -0.2) is 8.42 Å². The van der Waals surface area contributed by atoms with E-state index in [1.807, 2.05) is 0 Å². The Morgan fingerprint density at radius 1 is 1.07 bits per heavy atom. The molecule has 0 bridgehead atoms. The zero-order valence-electron chi connectivity index (χ0n) is 15.0. The summed E-state index contributed by atoms with van der Waals surface area (Å²) in [7, 11) is -1.63. The number of sulfone groups is 1. The van der Waals surface area contributed by atoms with Crippen molar-refractivity contribution in [3.8, 4) is 17.2 Å². The quantitative estimate of drug-likeness (QED) is 0.552. The molecule has 0 aromatic heterocycles. The summed E-state index contributed by atoms with van der Waals surface area (Å²) in [5, 5.41) is 11.1. The zero-order chi connectivity index (χ0) is 20.3. The molecule has 0 aliphatic carbocycles. The first-order valence-corrected chi connectivity index (χ1v) is 10.2. The van der Waals surface area contributed by atoms with Gasteiger partial charge in [0, 0.05) is 25.2 Å². The summed E-state index contributed by atoms with van der Waals surface area (Å²) in [5.41, 5.74) is -0.251. The van der Waals surface area contributed by atoms with E-state index in [0.29, 0.717) is 11.5 Å². The second-order valence-corrected chi connectivity index (χ2v) is 8.46. The largest absolute Gasteiger partial charge is 0.497 e. The molecule has 0 atom stereocenters. The van der Waals surface area contributed by atoms with Crippen LogP contribution in [0.4, 0.5) is 5.69 Å². The van der Waals surface area contributed by atoms with E-state index in [1.54, 1.807) is 24.3 Å². The molecule has 0 radical (unpaired) electrons. The van der Waals surface area contributed by atoms with Gasteiger partial charge in [-0.15, -0.1) is 0 Å². The molecule has 0 saturated carbocycles. The lowest BCUT2D eigenvalue weighted by molar-refractivity contribution is -0.384. The summed E-state index contributed by atoms with van der Waals surface area (Å²) in [5.74, 6) is 0.410. The average Bonchev–Trinajstić information content (AvgIpc) is 2.68. The highest BCUT2D eigenvalue weighted by molar-refractivity contribution is 7.91. The smallest absolute Gasteiger partial charge is 0.270 e. The first-order chi connectivity index (χ1) is 13.3. The summed E-state index contributed by atoms with van der Waals surface area (Å²) in [6.45, 7) is 0.0671. The van der Waals surface area contributed by atoms with Gasteiger partial charge in [0.25, 0.3) is 11.6 Å². The van der Waals surface area contributed by atoms with Gasteiger partial charge in [-0.3, -0.25) is 14.9 Å². The maximum absolute atomic E-state index is 12.9. The second-order valence-electron chi connectivity index (χ2n) is 6.16. The summed E-state index contributed by atoms with van der Waals surface area (Å²) < 4.78 is 34.0. The minimum absolute atomic E-state index is 0.00400. The van der Waals surface area contributed by atoms with Crippen molar-refractivity contribution in [2.75, 3.05) is 31.7 Å². The van der Waals surface area contributed by atoms with Gasteiger partial charge in [-0.1, -0.05) is 0 Å². The van der Waals surface area contributed by atoms with Crippen LogP contribution in [0.5, 0.6) is 17.2 Å². The molecule has 9 nitrogen and oxygen atoms in total. The Bertz CT molecular complexity index is 989. The Hall–Kier alpha value is -3.14. The van der Waals surface area contributed by atoms with Crippen LogP contribution in [0.1, 0.15) is 10.4 Å². The van der Waals surface area contributed by atoms with Crippen LogP contribution in [0.3, 0.4) is 0 Å². The van der Waals surface area contributed by atoms with Crippen molar-refractivity contribution in [3.05, 3.63) is 58.1 Å². The molecule has 1 saturated heterocycles. The van der Waals surface area contributed by atoms with Crippen LogP contribution in [0.2, 0.25) is 0 Å². The van der Waals surface area contributed by atoms with Gasteiger partial charge in [-0.05, 0) is 30.3 Å². The topological polar surface area (TPSA) is 116 Å². The first-order valence-electron chi connectivity index (χ1n) is 8.39. The number of hydrogen-bond donors (Lipinski definition) is 0. The van der Waals surface area contributed by atoms with Gasteiger partial charge in [0.15, 0.2) is 9.84 Å². The first kappa shape index (κ1) is 19.6. The number of benzene rings is 2. The van der Waals surface area contributed by atoms with Crippen molar-refractivity contribution in [3.63, 3.8) is 0 Å². The fourth-order valence-corrected chi connectivity index (χ4v) is 3.95. The summed E-state index contributed by atoms with van der Waals surface area (Å²) >= 11 is 0. The molecule has 148 valence electrons. The maximum atomic E-state index is 12.9. The summed E-state index contributed by atoms with van der Waals surface area (Å²) in [4.78, 5) is 24.8. The highest BCUT2D eigenvalue weighted by Gasteiger charge is 2.28. The normalized spacial score (nSPS) is 15.7. The molecule has 28 heavy (non-hydrogen) atoms. The molecule has 1 fully saturated rings. The number of amides is 1. The number of methoxy groups -OCH3 is 1. The molecule has 1 amide bonds. The SMILES string of the molecule is COc1ccc(Oc2ccc([N+](=O)[O-])cc2C(=O)N2CCS(=O)(=O)CC2)cc1. The maximum Gasteiger partial charge on any atom is 0.270 e. The Morgan fingerprint density at radius 3 is 2.25 bits per heavy atom. The summed E-state index contributed by atoms with van der Waals surface area (Å²) in [6, 6.07) is 10.4. The second kappa shape index (κ2) is 7.85. The molecule has 10 heteroatoms. The lowest BCUT2D eigenvalue weighted by Crippen LogP contribution is -2.43. The number of hydrogen-bond acceptors (Lipinski definition) is 7. The van der Waals surface area contributed by atoms with Gasteiger partial charge < -0.3 is 14.4 Å². The van der Waals surface area contributed by atoms with Gasteiger partial charge in [0.2, 0.25) is 0 Å². The molecule has 0 N–H and O–H groups in total. The van der Waals surface area contributed by atoms with E-state index in [-0.39, 0.29) is 41.6 Å². The van der Waals surface area contributed by atoms with Crippen LogP contribution in [0.25, 0.3) is 0 Å². The number of ether oxygens (including phenoxy) is 2. The lowest BCUT2D eigenvalue weighted by Gasteiger charge is -2.27. The Morgan fingerprint density at radius 2 is 1.68 bits per heavy atom. The minimum Gasteiger partial charge on any atom is -0.497 e. The number of carbonyl (C=O) groups is 1. The van der Waals surface area contributed by atoms with Crippen LogP contribution in [0, 0.1) is 10.1 Å². The molecule has 1 aliphatic heterocycles. The van der Waals surface area contributed by atoms with E-state index in [0.717, 1.165) is 6.07 Å². The number of nitrogens with zero attached hydrogens (tertiary/aromatic N) is 2. The third-order valence-electron chi connectivity index (χ3n) is 4.32. The highest BCUT2D eigenvalue weighted by atomic mass is 32.2. The van der Waals surface area contributed by atoms with Crippen molar-refractivity contribution in [2.24, 2.45) is 0 Å². The standard InChI is InChI=1S/C18H18N2O7S/c1-26-14-3-5-15(6-4-14)27-17-7-2-13(20(22)23)12-16(17)18(21)19-8-10-28(24,25)11-9-19/h2-7,12H,8-11H2,1H3. The number of nitro groups is 1. The molecule has 0 unspecified atom stereocenters. The average molecular weight is 406 g/mol. The van der Waals surface area contributed by atoms with Gasteiger partial charge in [0.1, 0.15) is 17.2 Å². The number of carbonyl (C=O) groups excluding carboxylic acids is 1. The van der Waals surface area contributed by atoms with Crippen molar-refractivity contribution in [1.29, 1.82) is 0 Å². The van der Waals surface area contributed by atoms with Crippen LogP contribution < -0.4 is 9.47 Å². The number of rotatable bonds is 5. The van der Waals surface area contributed by atoms with Crippen molar-refractivity contribution < 1.29 is 27.6 Å². The van der Waals surface area contributed by atoms with Crippen molar-refractivity contribution >= 4 is 21.4 Å². The van der Waals surface area contributed by atoms with Gasteiger partial charge in [-0.2, -0.15) is 0 Å². The third kappa shape index (κ3) is 4.39. The molecular weight excluding hydrogens is 388 g/mol. The highest BCUT2D eigenvalue weighted by Crippen LogP contribution is 2.31. The molecule has 2 aromatic carbocycles. The minimum atomic E-state index is -3.16. The third-order valence-corrected chi connectivity index (χ3v) is 5.93. The molecule has 1 aliphatic rings. The Labute approximate surface area is 161 Å². The lowest BCUT2D eigenvalue weighted by atomic mass is 10.1. The van der Waals surface area contributed by atoms with Gasteiger partial charge >= 0.3 is 0 Å². The molecule has 3 rings (SSSR count). The number of nitro benzene ring substituents is 1. The van der Waals surface area contributed by atoms with E-state index in [1.165, 1.54) is 24.1 Å². The van der Waals surface area contributed by atoms with Crippen molar-refractivity contribution in [2.45, 2.75) is 0 Å². The fourth-order valence-electron chi connectivity index (χ4n) is 2.74. The molecule has 0 spiro atoms. The van der Waals surface area contributed by atoms with Crippen LogP contribution in [-0.2, 0) is 9.84 Å². The van der Waals surface area contributed by atoms with Crippen LogP contribution >= 0.6 is 0 Å². The predicted molar refractivity (Wildman–Crippen MR) is 101 cm³/mol. The predicted octanol–water partition coefficient (Wildman–Crippen LogP) is 2.27. The molecular formula is C18H18N2O7S. The van der Waals surface area contributed by atoms with E-state index >= 15 is 0 Å². The fraction of sp³-hybridized carbons (Fsp3) is 0.278. The molecule has 1 heterocycles. The van der Waals surface area contributed by atoms with E-state index < -0.39 is 20.7 Å². The van der Waals surface area contributed by atoms with E-state index in [2.05, 4.69) is 0 Å². The van der Waals surface area contributed by atoms with Gasteiger partial charge in [0.05, 0.1) is 29.1 Å². The van der Waals surface area contributed by atoms with Crippen molar-refractivity contribution in [1.82, 2.24) is 4.90 Å².